The number of halogens is 1. The van der Waals surface area contributed by atoms with E-state index in [2.05, 4.69) is 31.2 Å². The van der Waals surface area contributed by atoms with Crippen molar-refractivity contribution >= 4 is 39.0 Å². The highest BCUT2D eigenvalue weighted by Gasteiger charge is 2.19. The number of carbonyl (C=O) groups excluding carboxylic acids is 1. The van der Waals surface area contributed by atoms with Gasteiger partial charge in [-0.25, -0.2) is 4.79 Å². The van der Waals surface area contributed by atoms with Crippen molar-refractivity contribution in [1.29, 1.82) is 0 Å². The number of hydrogen-bond donors (Lipinski definition) is 0. The Morgan fingerprint density at radius 3 is 2.14 bits per heavy atom. The van der Waals surface area contributed by atoms with Crippen LogP contribution in [0.2, 0.25) is 5.02 Å². The Kier molecular flexibility index (Phi) is 5.07. The van der Waals surface area contributed by atoms with Gasteiger partial charge in [0, 0.05) is 10.1 Å². The second-order valence-electron chi connectivity index (χ2n) is 6.39. The van der Waals surface area contributed by atoms with Gasteiger partial charge in [0.1, 0.15) is 16.4 Å². The molecule has 0 atom stereocenters. The van der Waals surface area contributed by atoms with Gasteiger partial charge in [-0.2, -0.15) is 0 Å². The SMILES string of the molecule is COc1ccc2sc(C(=O)Oc3ccc(-c4ccc(C)cc4)cc3)c(Cl)c2c1. The number of hydrogen-bond acceptors (Lipinski definition) is 4. The van der Waals surface area contributed by atoms with Crippen LogP contribution in [0.4, 0.5) is 0 Å². The lowest BCUT2D eigenvalue weighted by molar-refractivity contribution is 0.0740. The number of carbonyl (C=O) groups is 1. The average molecular weight is 409 g/mol. The minimum atomic E-state index is -0.465. The molecule has 4 aromatic rings. The molecule has 0 aliphatic carbocycles. The van der Waals surface area contributed by atoms with Crippen LogP contribution in [-0.2, 0) is 0 Å². The number of methoxy groups -OCH3 is 1. The molecule has 0 saturated carbocycles. The van der Waals surface area contributed by atoms with Gasteiger partial charge in [0.15, 0.2) is 0 Å². The van der Waals surface area contributed by atoms with Crippen LogP contribution in [0, 0.1) is 6.92 Å². The van der Waals surface area contributed by atoms with Crippen molar-refractivity contribution in [2.24, 2.45) is 0 Å². The van der Waals surface area contributed by atoms with Gasteiger partial charge in [-0.15, -0.1) is 11.3 Å². The fourth-order valence-corrected chi connectivity index (χ4v) is 4.28. The number of aryl methyl sites for hydroxylation is 1. The molecule has 0 fully saturated rings. The largest absolute Gasteiger partial charge is 0.497 e. The molecule has 0 bridgehead atoms. The molecule has 0 radical (unpaired) electrons. The summed E-state index contributed by atoms with van der Waals surface area (Å²) in [6.07, 6.45) is 0. The molecule has 0 unspecified atom stereocenters. The Labute approximate surface area is 172 Å². The van der Waals surface area contributed by atoms with E-state index in [0.717, 1.165) is 21.2 Å². The molecule has 1 aromatic heterocycles. The molecular formula is C23H17ClO3S. The van der Waals surface area contributed by atoms with Gasteiger partial charge < -0.3 is 9.47 Å². The van der Waals surface area contributed by atoms with Gasteiger partial charge in [0.2, 0.25) is 0 Å². The van der Waals surface area contributed by atoms with Crippen molar-refractivity contribution < 1.29 is 14.3 Å². The van der Waals surface area contributed by atoms with Gasteiger partial charge in [-0.3, -0.25) is 0 Å². The first-order valence-electron chi connectivity index (χ1n) is 8.70. The van der Waals surface area contributed by atoms with Crippen LogP contribution in [0.1, 0.15) is 15.2 Å². The predicted octanol–water partition coefficient (Wildman–Crippen LogP) is 6.76. The molecular weight excluding hydrogens is 392 g/mol. The maximum atomic E-state index is 12.6. The van der Waals surface area contributed by atoms with Gasteiger partial charge >= 0.3 is 5.97 Å². The van der Waals surface area contributed by atoms with Crippen LogP contribution in [0.5, 0.6) is 11.5 Å². The highest BCUT2D eigenvalue weighted by molar-refractivity contribution is 7.21. The zero-order chi connectivity index (χ0) is 19.7. The number of esters is 1. The molecule has 0 aliphatic rings. The topological polar surface area (TPSA) is 35.5 Å². The first-order valence-corrected chi connectivity index (χ1v) is 9.90. The second-order valence-corrected chi connectivity index (χ2v) is 7.82. The summed E-state index contributed by atoms with van der Waals surface area (Å²) in [6.45, 7) is 2.06. The second kappa shape index (κ2) is 7.66. The fraction of sp³-hybridized carbons (Fsp3) is 0.0870. The molecule has 0 spiro atoms. The first-order chi connectivity index (χ1) is 13.5. The molecule has 1 heterocycles. The van der Waals surface area contributed by atoms with Gasteiger partial charge in [0.05, 0.1) is 12.1 Å². The normalized spacial score (nSPS) is 10.8. The first kappa shape index (κ1) is 18.5. The molecule has 4 rings (SSSR count). The smallest absolute Gasteiger partial charge is 0.355 e. The maximum absolute atomic E-state index is 12.6. The summed E-state index contributed by atoms with van der Waals surface area (Å²) in [5.41, 5.74) is 3.39. The molecule has 140 valence electrons. The summed E-state index contributed by atoms with van der Waals surface area (Å²) < 4.78 is 11.7. The van der Waals surface area contributed by atoms with Crippen LogP contribution < -0.4 is 9.47 Å². The third-order valence-corrected chi connectivity index (χ3v) is 6.13. The minimum Gasteiger partial charge on any atom is -0.497 e. The standard InChI is InChI=1S/C23H17ClO3S/c1-14-3-5-15(6-4-14)16-7-9-17(10-8-16)27-23(25)22-21(24)19-13-18(26-2)11-12-20(19)28-22/h3-13H,1-2H3. The van der Waals surface area contributed by atoms with Crippen molar-refractivity contribution in [1.82, 2.24) is 0 Å². The summed E-state index contributed by atoms with van der Waals surface area (Å²) in [6, 6.07) is 21.3. The zero-order valence-electron chi connectivity index (χ0n) is 15.4. The Balaban J connectivity index is 1.56. The van der Waals surface area contributed by atoms with E-state index in [1.165, 1.54) is 16.9 Å². The van der Waals surface area contributed by atoms with E-state index in [1.807, 2.05) is 30.3 Å². The Morgan fingerprint density at radius 1 is 0.893 bits per heavy atom. The molecule has 0 N–H and O–H groups in total. The lowest BCUT2D eigenvalue weighted by Crippen LogP contribution is -2.06. The van der Waals surface area contributed by atoms with Crippen molar-refractivity contribution in [3.63, 3.8) is 0 Å². The fourth-order valence-electron chi connectivity index (χ4n) is 2.92. The van der Waals surface area contributed by atoms with Crippen LogP contribution in [0.15, 0.2) is 66.7 Å². The van der Waals surface area contributed by atoms with Crippen molar-refractivity contribution in [3.05, 3.63) is 82.2 Å². The Morgan fingerprint density at radius 2 is 1.50 bits per heavy atom. The molecule has 0 saturated heterocycles. The third-order valence-electron chi connectivity index (χ3n) is 4.47. The quantitative estimate of drug-likeness (QED) is 0.276. The van der Waals surface area contributed by atoms with Crippen molar-refractivity contribution in [2.45, 2.75) is 6.92 Å². The molecule has 0 aliphatic heterocycles. The zero-order valence-corrected chi connectivity index (χ0v) is 16.9. The summed E-state index contributed by atoms with van der Waals surface area (Å²) >= 11 is 7.73. The van der Waals surface area contributed by atoms with Crippen molar-refractivity contribution in [2.75, 3.05) is 7.11 Å². The van der Waals surface area contributed by atoms with Crippen LogP contribution in [0.25, 0.3) is 21.2 Å². The van der Waals surface area contributed by atoms with Gasteiger partial charge in [0.25, 0.3) is 0 Å². The van der Waals surface area contributed by atoms with E-state index in [1.54, 1.807) is 19.2 Å². The van der Waals surface area contributed by atoms with Crippen LogP contribution in [0.3, 0.4) is 0 Å². The molecule has 28 heavy (non-hydrogen) atoms. The third kappa shape index (κ3) is 3.61. The Hall–Kier alpha value is -2.82. The number of fused-ring (bicyclic) bond motifs is 1. The lowest BCUT2D eigenvalue weighted by Gasteiger charge is -2.06. The molecule has 5 heteroatoms. The Bertz CT molecular complexity index is 1150. The van der Waals surface area contributed by atoms with E-state index in [9.17, 15) is 4.79 Å². The van der Waals surface area contributed by atoms with E-state index < -0.39 is 5.97 Å². The number of ether oxygens (including phenoxy) is 2. The van der Waals surface area contributed by atoms with E-state index >= 15 is 0 Å². The summed E-state index contributed by atoms with van der Waals surface area (Å²) in [7, 11) is 1.59. The van der Waals surface area contributed by atoms with Gasteiger partial charge in [-0.05, 0) is 48.4 Å². The van der Waals surface area contributed by atoms with E-state index in [-0.39, 0.29) is 0 Å². The molecule has 3 aromatic carbocycles. The summed E-state index contributed by atoms with van der Waals surface area (Å²) in [5.74, 6) is 0.707. The van der Waals surface area contributed by atoms with E-state index in [0.29, 0.717) is 21.4 Å². The van der Waals surface area contributed by atoms with Crippen LogP contribution >= 0.6 is 22.9 Å². The van der Waals surface area contributed by atoms with Crippen molar-refractivity contribution in [3.8, 4) is 22.6 Å². The van der Waals surface area contributed by atoms with Gasteiger partial charge in [-0.1, -0.05) is 53.6 Å². The van der Waals surface area contributed by atoms with Crippen LogP contribution in [-0.4, -0.2) is 13.1 Å². The van der Waals surface area contributed by atoms with E-state index in [4.69, 9.17) is 21.1 Å². The summed E-state index contributed by atoms with van der Waals surface area (Å²) in [4.78, 5) is 13.0. The number of rotatable bonds is 4. The maximum Gasteiger partial charge on any atom is 0.355 e. The molecule has 0 amide bonds. The predicted molar refractivity (Wildman–Crippen MR) is 115 cm³/mol. The molecule has 3 nitrogen and oxygen atoms in total. The lowest BCUT2D eigenvalue weighted by atomic mass is 10.0. The number of thiophene rings is 1. The highest BCUT2D eigenvalue weighted by atomic mass is 35.5. The average Bonchev–Trinajstić information content (AvgIpc) is 3.05. The summed E-state index contributed by atoms with van der Waals surface area (Å²) in [5, 5.41) is 1.17. The minimum absolute atomic E-state index is 0.382. The highest BCUT2D eigenvalue weighted by Crippen LogP contribution is 2.38. The monoisotopic (exact) mass is 408 g/mol. The number of benzene rings is 3.